The van der Waals surface area contributed by atoms with Gasteiger partial charge in [0.1, 0.15) is 36.6 Å². The summed E-state index contributed by atoms with van der Waals surface area (Å²) in [6, 6.07) is 22.0. The van der Waals surface area contributed by atoms with E-state index < -0.39 is 11.7 Å². The fourth-order valence-electron chi connectivity index (χ4n) is 2.19. The molecule has 0 saturated carbocycles. The minimum atomic E-state index is -1.14. The summed E-state index contributed by atoms with van der Waals surface area (Å²) in [4.78, 5) is 0. The smallest absolute Gasteiger partial charge is 0.119 e. The third-order valence-electron chi connectivity index (χ3n) is 4.42. The Labute approximate surface area is 246 Å². The Morgan fingerprint density at radius 2 is 1.16 bits per heavy atom. The lowest BCUT2D eigenvalue weighted by Gasteiger charge is -2.24. The first-order chi connectivity index (χ1) is 16.9. The largest absolute Gasteiger partial charge is 0.508 e. The van der Waals surface area contributed by atoms with E-state index in [1.54, 1.807) is 50.2 Å². The maximum Gasteiger partial charge on any atom is 0.119 e. The Morgan fingerprint density at radius 1 is 0.784 bits per heavy atom. The highest BCUT2D eigenvalue weighted by Gasteiger charge is 2.24. The van der Waals surface area contributed by atoms with Crippen LogP contribution in [0.2, 0.25) is 0 Å². The number of benzene rings is 3. The number of ether oxygens (including phenoxy) is 2. The summed E-state index contributed by atoms with van der Waals surface area (Å²) in [7, 11) is 0. The zero-order valence-corrected chi connectivity index (χ0v) is 25.5. The highest BCUT2D eigenvalue weighted by atomic mass is 79.9. The van der Waals surface area contributed by atoms with E-state index in [1.165, 1.54) is 5.57 Å². The van der Waals surface area contributed by atoms with E-state index in [0.29, 0.717) is 18.1 Å². The number of aromatic hydroxyl groups is 1. The Balaban J connectivity index is 0.000000540. The standard InChI is InChI=1S/C11H15BrO3.C11H13BrO.C6H5BrO.CH4/c1-11(2,14)10(13)7-15-9-5-3-8(12)4-6-9;1-9(2)7-8-13-11-5-3-10(12)4-6-11;7-5-1-3-6(8)4-2-5;/h3-6,10,13-14H,7H2,1-2H3;3-7H,8H2,1-2H3;1-4,8H;1H4. The number of aliphatic hydroxyl groups is 2. The second-order valence-corrected chi connectivity index (χ2v) is 11.2. The predicted octanol–water partition coefficient (Wildman–Crippen LogP) is 8.54. The van der Waals surface area contributed by atoms with Gasteiger partial charge >= 0.3 is 0 Å². The molecule has 0 fully saturated rings. The van der Waals surface area contributed by atoms with Crippen LogP contribution >= 0.6 is 47.8 Å². The molecule has 5 nitrogen and oxygen atoms in total. The average molecular weight is 705 g/mol. The van der Waals surface area contributed by atoms with E-state index in [0.717, 1.165) is 19.2 Å². The summed E-state index contributed by atoms with van der Waals surface area (Å²) < 4.78 is 13.8. The molecule has 0 aromatic heterocycles. The lowest BCUT2D eigenvalue weighted by Crippen LogP contribution is -2.40. The molecule has 1 atom stereocenters. The fourth-order valence-corrected chi connectivity index (χ4v) is 2.98. The van der Waals surface area contributed by atoms with E-state index in [1.807, 2.05) is 36.4 Å². The van der Waals surface area contributed by atoms with E-state index >= 15 is 0 Å². The van der Waals surface area contributed by atoms with Gasteiger partial charge in [-0.3, -0.25) is 0 Å². The van der Waals surface area contributed by atoms with Crippen LogP contribution in [0.25, 0.3) is 0 Å². The molecule has 8 heteroatoms. The Morgan fingerprint density at radius 3 is 1.51 bits per heavy atom. The van der Waals surface area contributed by atoms with Crippen LogP contribution in [0.4, 0.5) is 0 Å². The maximum atomic E-state index is 9.52. The fraction of sp³-hybridized carbons (Fsp3) is 0.310. The molecule has 0 amide bonds. The van der Waals surface area contributed by atoms with Crippen molar-refractivity contribution in [3.05, 3.63) is 97.9 Å². The first-order valence-electron chi connectivity index (χ1n) is 11.1. The number of hydrogen-bond acceptors (Lipinski definition) is 5. The molecule has 1 unspecified atom stereocenters. The number of rotatable bonds is 7. The predicted molar refractivity (Wildman–Crippen MR) is 164 cm³/mol. The molecule has 3 aromatic carbocycles. The van der Waals surface area contributed by atoms with E-state index in [9.17, 15) is 10.2 Å². The zero-order valence-electron chi connectivity index (χ0n) is 20.8. The average Bonchev–Trinajstić information content (AvgIpc) is 2.82. The number of hydrogen-bond donors (Lipinski definition) is 3. The summed E-state index contributed by atoms with van der Waals surface area (Å²) in [5, 5.41) is 27.7. The minimum Gasteiger partial charge on any atom is -0.508 e. The first-order valence-corrected chi connectivity index (χ1v) is 13.5. The van der Waals surface area contributed by atoms with Gasteiger partial charge in [-0.1, -0.05) is 60.8 Å². The minimum absolute atomic E-state index is 0. The van der Waals surface area contributed by atoms with Crippen LogP contribution in [0.5, 0.6) is 17.2 Å². The van der Waals surface area contributed by atoms with Crippen LogP contribution in [0.3, 0.4) is 0 Å². The summed E-state index contributed by atoms with van der Waals surface area (Å²) >= 11 is 9.92. The van der Waals surface area contributed by atoms with E-state index in [4.69, 9.17) is 14.6 Å². The van der Waals surface area contributed by atoms with Crippen molar-refractivity contribution in [3.63, 3.8) is 0 Å². The van der Waals surface area contributed by atoms with Gasteiger partial charge in [-0.25, -0.2) is 0 Å². The SMILES string of the molecule is C.CC(C)(O)C(O)COc1ccc(Br)cc1.CC(C)=CCOc1ccc(Br)cc1.Oc1ccc(Br)cc1. The molecule has 0 aliphatic carbocycles. The summed E-state index contributed by atoms with van der Waals surface area (Å²) in [6.07, 6.45) is 1.16. The second kappa shape index (κ2) is 18.4. The van der Waals surface area contributed by atoms with Crippen molar-refractivity contribution in [1.29, 1.82) is 0 Å². The van der Waals surface area contributed by atoms with Crippen molar-refractivity contribution in [2.24, 2.45) is 0 Å². The first kappa shape index (κ1) is 35.2. The number of aliphatic hydroxyl groups excluding tert-OH is 1. The highest BCUT2D eigenvalue weighted by Crippen LogP contribution is 2.18. The second-order valence-electron chi connectivity index (χ2n) is 8.46. The number of phenols is 1. The molecule has 3 rings (SSSR count). The van der Waals surface area contributed by atoms with Gasteiger partial charge < -0.3 is 24.8 Å². The molecule has 37 heavy (non-hydrogen) atoms. The van der Waals surface area contributed by atoms with Gasteiger partial charge in [0, 0.05) is 13.4 Å². The molecule has 0 aliphatic heterocycles. The molecule has 3 aromatic rings. The number of phenolic OH excluding ortho intramolecular Hbond substituents is 1. The summed E-state index contributed by atoms with van der Waals surface area (Å²) in [5.41, 5.74) is 0.132. The van der Waals surface area contributed by atoms with Gasteiger partial charge in [-0.2, -0.15) is 0 Å². The topological polar surface area (TPSA) is 79.2 Å². The highest BCUT2D eigenvalue weighted by molar-refractivity contribution is 9.11. The van der Waals surface area contributed by atoms with Crippen molar-refractivity contribution in [2.75, 3.05) is 13.2 Å². The monoisotopic (exact) mass is 702 g/mol. The van der Waals surface area contributed by atoms with Gasteiger partial charge in [0.15, 0.2) is 0 Å². The van der Waals surface area contributed by atoms with Crippen LogP contribution in [-0.2, 0) is 0 Å². The quantitative estimate of drug-likeness (QED) is 0.215. The van der Waals surface area contributed by atoms with Gasteiger partial charge in [0.2, 0.25) is 0 Å². The van der Waals surface area contributed by atoms with Gasteiger partial charge in [-0.05, 0) is 107 Å². The van der Waals surface area contributed by atoms with Crippen molar-refractivity contribution >= 4 is 47.8 Å². The van der Waals surface area contributed by atoms with Crippen molar-refractivity contribution in [2.45, 2.75) is 46.8 Å². The lowest BCUT2D eigenvalue weighted by molar-refractivity contribution is -0.0661. The van der Waals surface area contributed by atoms with Gasteiger partial charge in [0.05, 0.1) is 5.60 Å². The molecule has 0 aliphatic rings. The summed E-state index contributed by atoms with van der Waals surface area (Å²) in [5.74, 6) is 1.87. The third kappa shape index (κ3) is 17.3. The molecular weight excluding hydrogens is 668 g/mol. The molecule has 3 N–H and O–H groups in total. The molecule has 0 radical (unpaired) electrons. The Kier molecular flexibility index (Phi) is 17.5. The van der Waals surface area contributed by atoms with Crippen LogP contribution in [0, 0.1) is 0 Å². The number of halogens is 3. The molecule has 0 spiro atoms. The third-order valence-corrected chi connectivity index (χ3v) is 6.00. The molecule has 0 saturated heterocycles. The van der Waals surface area contributed by atoms with E-state index in [2.05, 4.69) is 67.7 Å². The number of allylic oxidation sites excluding steroid dienone is 1. The maximum absolute atomic E-state index is 9.52. The van der Waals surface area contributed by atoms with Crippen molar-refractivity contribution in [1.82, 2.24) is 0 Å². The molecular formula is C29H37Br3O5. The normalized spacial score (nSPS) is 10.8. The van der Waals surface area contributed by atoms with E-state index in [-0.39, 0.29) is 14.0 Å². The molecule has 204 valence electrons. The lowest BCUT2D eigenvalue weighted by atomic mass is 10.0. The van der Waals surface area contributed by atoms with Crippen molar-refractivity contribution in [3.8, 4) is 17.2 Å². The van der Waals surface area contributed by atoms with Crippen LogP contribution < -0.4 is 9.47 Å². The van der Waals surface area contributed by atoms with Gasteiger partial charge in [0.25, 0.3) is 0 Å². The zero-order chi connectivity index (χ0) is 27.1. The Hall–Kier alpha value is -1.84. The molecule has 0 bridgehead atoms. The molecule has 0 heterocycles. The van der Waals surface area contributed by atoms with Crippen LogP contribution in [0.15, 0.2) is 97.9 Å². The van der Waals surface area contributed by atoms with Crippen LogP contribution in [-0.4, -0.2) is 40.2 Å². The van der Waals surface area contributed by atoms with Crippen LogP contribution in [0.1, 0.15) is 35.1 Å². The van der Waals surface area contributed by atoms with Gasteiger partial charge in [-0.15, -0.1) is 0 Å². The Bertz CT molecular complexity index is 1000. The summed E-state index contributed by atoms with van der Waals surface area (Å²) in [6.45, 7) is 7.93. The van der Waals surface area contributed by atoms with Crippen molar-refractivity contribution < 1.29 is 24.8 Å².